The highest BCUT2D eigenvalue weighted by molar-refractivity contribution is 5.95. The first-order chi connectivity index (χ1) is 8.66. The highest BCUT2D eigenvalue weighted by Crippen LogP contribution is 1.98. The van der Waals surface area contributed by atoms with Crippen LogP contribution in [0.4, 0.5) is 4.79 Å². The van der Waals surface area contributed by atoms with Gasteiger partial charge in [-0.3, -0.25) is 14.4 Å². The molecule has 0 aliphatic carbocycles. The molecule has 2 unspecified atom stereocenters. The topological polar surface area (TPSA) is 150 Å². The van der Waals surface area contributed by atoms with Crippen LogP contribution < -0.4 is 11.1 Å². The summed E-state index contributed by atoms with van der Waals surface area (Å²) >= 11 is 0. The number of aliphatic carboxylic acids is 1. The van der Waals surface area contributed by atoms with Gasteiger partial charge in [-0.2, -0.15) is 0 Å². The van der Waals surface area contributed by atoms with Crippen molar-refractivity contribution in [3.05, 3.63) is 0 Å². The minimum absolute atomic E-state index is 0.0726. The number of carbonyl (C=O) groups excluding carboxylic acids is 2. The second-order valence-electron chi connectivity index (χ2n) is 3.95. The van der Waals surface area contributed by atoms with Crippen molar-refractivity contribution in [2.24, 2.45) is 5.73 Å². The Morgan fingerprint density at radius 3 is 2.21 bits per heavy atom. The fourth-order valence-electron chi connectivity index (χ4n) is 1.17. The van der Waals surface area contributed by atoms with Crippen LogP contribution in [0.5, 0.6) is 0 Å². The Kier molecular flexibility index (Phi) is 6.48. The predicted molar refractivity (Wildman–Crippen MR) is 63.2 cm³/mol. The van der Waals surface area contributed by atoms with E-state index in [1.165, 1.54) is 6.92 Å². The molecular weight excluding hydrogens is 258 g/mol. The molecule has 0 spiro atoms. The second kappa shape index (κ2) is 7.31. The molecule has 9 nitrogen and oxygen atoms in total. The van der Waals surface area contributed by atoms with Crippen molar-refractivity contribution in [1.29, 1.82) is 0 Å². The van der Waals surface area contributed by atoms with Gasteiger partial charge in [-0.15, -0.1) is 0 Å². The summed E-state index contributed by atoms with van der Waals surface area (Å²) in [4.78, 5) is 44.3. The van der Waals surface area contributed by atoms with Crippen molar-refractivity contribution in [3.63, 3.8) is 0 Å². The molecule has 2 atom stereocenters. The number of amides is 3. The minimum Gasteiger partial charge on any atom is -0.480 e. The molecule has 0 aromatic heterocycles. The molecule has 3 amide bonds. The number of carboxylic acids is 1. The molecule has 0 aliphatic heterocycles. The monoisotopic (exact) mass is 275 g/mol. The van der Waals surface area contributed by atoms with Crippen molar-refractivity contribution in [1.82, 2.24) is 10.2 Å². The summed E-state index contributed by atoms with van der Waals surface area (Å²) in [5, 5.41) is 19.4. The van der Waals surface area contributed by atoms with Crippen LogP contribution in [0.1, 0.15) is 19.8 Å². The van der Waals surface area contributed by atoms with E-state index in [0.717, 1.165) is 7.05 Å². The van der Waals surface area contributed by atoms with Gasteiger partial charge in [0.25, 0.3) is 5.91 Å². The number of hydrogen-bond donors (Lipinski definition) is 4. The lowest BCUT2D eigenvalue weighted by molar-refractivity contribution is -0.139. The molecule has 0 rings (SSSR count). The van der Waals surface area contributed by atoms with E-state index < -0.39 is 36.0 Å². The van der Waals surface area contributed by atoms with Crippen LogP contribution in [0.2, 0.25) is 0 Å². The standard InChI is InChI=1S/C10H17N3O6/c1-5(8(15)13(2)10(18)19)12-7(14)4-3-6(11)9(16)17/h5-6H,3-4,11H2,1-2H3,(H,12,14)(H,16,17)(H,18,19). The van der Waals surface area contributed by atoms with Crippen LogP contribution in [0.15, 0.2) is 0 Å². The number of nitrogens with zero attached hydrogens (tertiary/aromatic N) is 1. The zero-order valence-electron chi connectivity index (χ0n) is 10.6. The quantitative estimate of drug-likeness (QED) is 0.476. The maximum Gasteiger partial charge on any atom is 0.413 e. The lowest BCUT2D eigenvalue weighted by Crippen LogP contribution is -2.47. The molecule has 0 heterocycles. The van der Waals surface area contributed by atoms with Gasteiger partial charge in [0.1, 0.15) is 12.1 Å². The molecule has 0 aliphatic rings. The summed E-state index contributed by atoms with van der Waals surface area (Å²) in [5.41, 5.74) is 5.21. The normalized spacial score (nSPS) is 13.2. The summed E-state index contributed by atoms with van der Waals surface area (Å²) in [7, 11) is 1.06. The number of nitrogens with one attached hydrogen (secondary N) is 1. The van der Waals surface area contributed by atoms with Gasteiger partial charge in [0.2, 0.25) is 5.91 Å². The summed E-state index contributed by atoms with van der Waals surface area (Å²) in [6.45, 7) is 1.33. The molecule has 0 aromatic carbocycles. The number of imide groups is 1. The fraction of sp³-hybridized carbons (Fsp3) is 0.600. The van der Waals surface area contributed by atoms with E-state index in [4.69, 9.17) is 15.9 Å². The van der Waals surface area contributed by atoms with Crippen molar-refractivity contribution >= 4 is 23.9 Å². The van der Waals surface area contributed by atoms with Crippen LogP contribution in [0.3, 0.4) is 0 Å². The van der Waals surface area contributed by atoms with E-state index >= 15 is 0 Å². The van der Waals surface area contributed by atoms with Gasteiger partial charge in [0.05, 0.1) is 0 Å². The SMILES string of the molecule is CC(NC(=O)CCC(N)C(=O)O)C(=O)N(C)C(=O)O. The van der Waals surface area contributed by atoms with Gasteiger partial charge in [0.15, 0.2) is 0 Å². The van der Waals surface area contributed by atoms with Crippen LogP contribution in [-0.4, -0.2) is 58.1 Å². The summed E-state index contributed by atoms with van der Waals surface area (Å²) in [6.07, 6.45) is -1.67. The predicted octanol–water partition coefficient (Wildman–Crippen LogP) is -1.18. The summed E-state index contributed by atoms with van der Waals surface area (Å²) in [6, 6.07) is -2.17. The zero-order valence-corrected chi connectivity index (χ0v) is 10.6. The fourth-order valence-corrected chi connectivity index (χ4v) is 1.17. The Morgan fingerprint density at radius 1 is 1.26 bits per heavy atom. The maximum atomic E-state index is 11.5. The van der Waals surface area contributed by atoms with E-state index in [1.807, 2.05) is 0 Å². The third-order valence-corrected chi connectivity index (χ3v) is 2.37. The highest BCUT2D eigenvalue weighted by Gasteiger charge is 2.23. The first-order valence-electron chi connectivity index (χ1n) is 5.45. The van der Waals surface area contributed by atoms with Gasteiger partial charge in [-0.1, -0.05) is 0 Å². The Balaban J connectivity index is 4.23. The Labute approximate surface area is 109 Å². The van der Waals surface area contributed by atoms with Gasteiger partial charge in [-0.25, -0.2) is 9.69 Å². The zero-order chi connectivity index (χ0) is 15.2. The number of nitrogens with two attached hydrogens (primary N) is 1. The van der Waals surface area contributed by atoms with Gasteiger partial charge >= 0.3 is 12.1 Å². The molecule has 0 radical (unpaired) electrons. The Hall–Kier alpha value is -2.16. The molecule has 5 N–H and O–H groups in total. The van der Waals surface area contributed by atoms with Crippen molar-refractivity contribution in [2.45, 2.75) is 31.8 Å². The number of hydrogen-bond acceptors (Lipinski definition) is 5. The molecule has 0 bridgehead atoms. The summed E-state index contributed by atoms with van der Waals surface area (Å²) in [5.74, 6) is -2.58. The minimum atomic E-state index is -1.43. The van der Waals surface area contributed by atoms with Gasteiger partial charge < -0.3 is 21.3 Å². The van der Waals surface area contributed by atoms with Crippen LogP contribution >= 0.6 is 0 Å². The molecule has 0 saturated heterocycles. The van der Waals surface area contributed by atoms with E-state index in [1.54, 1.807) is 0 Å². The third kappa shape index (κ3) is 5.82. The molecule has 0 saturated carbocycles. The van der Waals surface area contributed by atoms with E-state index in [0.29, 0.717) is 4.90 Å². The third-order valence-electron chi connectivity index (χ3n) is 2.37. The molecule has 108 valence electrons. The van der Waals surface area contributed by atoms with Crippen molar-refractivity contribution < 1.29 is 29.4 Å². The van der Waals surface area contributed by atoms with Crippen LogP contribution in [-0.2, 0) is 14.4 Å². The van der Waals surface area contributed by atoms with E-state index in [-0.39, 0.29) is 12.8 Å². The Morgan fingerprint density at radius 2 is 1.79 bits per heavy atom. The average Bonchev–Trinajstić information content (AvgIpc) is 2.33. The molecule has 0 fully saturated rings. The first-order valence-corrected chi connectivity index (χ1v) is 5.45. The van der Waals surface area contributed by atoms with Crippen LogP contribution in [0.25, 0.3) is 0 Å². The lowest BCUT2D eigenvalue weighted by Gasteiger charge is -2.18. The second-order valence-corrected chi connectivity index (χ2v) is 3.95. The number of carbonyl (C=O) groups is 4. The summed E-state index contributed by atoms with van der Waals surface area (Å²) < 4.78 is 0. The lowest BCUT2D eigenvalue weighted by atomic mass is 10.1. The van der Waals surface area contributed by atoms with E-state index in [9.17, 15) is 19.2 Å². The van der Waals surface area contributed by atoms with Crippen molar-refractivity contribution in [2.75, 3.05) is 7.05 Å². The highest BCUT2D eigenvalue weighted by atomic mass is 16.4. The molecule has 19 heavy (non-hydrogen) atoms. The largest absolute Gasteiger partial charge is 0.480 e. The average molecular weight is 275 g/mol. The van der Waals surface area contributed by atoms with Gasteiger partial charge in [-0.05, 0) is 13.3 Å². The van der Waals surface area contributed by atoms with Crippen molar-refractivity contribution in [3.8, 4) is 0 Å². The van der Waals surface area contributed by atoms with E-state index in [2.05, 4.69) is 5.32 Å². The smallest absolute Gasteiger partial charge is 0.413 e. The number of carboxylic acid groups (broad SMARTS) is 2. The van der Waals surface area contributed by atoms with Crippen LogP contribution in [0, 0.1) is 0 Å². The number of likely N-dealkylation sites (N-methyl/N-ethyl adjacent to an activating group) is 1. The molecule has 0 aromatic rings. The number of rotatable bonds is 6. The maximum absolute atomic E-state index is 11.5. The van der Waals surface area contributed by atoms with Gasteiger partial charge in [0, 0.05) is 13.5 Å². The molecular formula is C10H17N3O6. The molecule has 9 heteroatoms. The first kappa shape index (κ1) is 16.8. The Bertz CT molecular complexity index is 383.